The first-order chi connectivity index (χ1) is 26.0. The number of methoxy groups -OCH3 is 2. The summed E-state index contributed by atoms with van der Waals surface area (Å²) in [5.74, 6) is -2.00. The maximum atomic E-state index is 14.2. The van der Waals surface area contributed by atoms with Crippen LogP contribution in [0.1, 0.15) is 85.1 Å². The lowest BCUT2D eigenvalue weighted by Gasteiger charge is -2.41. The third-order valence-electron chi connectivity index (χ3n) is 12.2. The number of ether oxygens (including phenoxy) is 2. The van der Waals surface area contributed by atoms with Gasteiger partial charge in [0.2, 0.25) is 33.7 Å². The van der Waals surface area contributed by atoms with Crippen LogP contribution in [0.15, 0.2) is 30.3 Å². The van der Waals surface area contributed by atoms with Crippen LogP contribution < -0.4 is 21.1 Å². The zero-order chi connectivity index (χ0) is 40.6. The van der Waals surface area contributed by atoms with E-state index in [0.29, 0.717) is 31.3 Å². The first-order valence-corrected chi connectivity index (χ1v) is 21.7. The van der Waals surface area contributed by atoms with Gasteiger partial charge in [0.25, 0.3) is 0 Å². The Balaban J connectivity index is 1.46. The predicted octanol–water partition coefficient (Wildman–Crippen LogP) is 2.20. The molecule has 15 heteroatoms. The maximum absolute atomic E-state index is 14.2. The number of amides is 4. The Morgan fingerprint density at radius 2 is 1.71 bits per heavy atom. The van der Waals surface area contributed by atoms with Crippen LogP contribution >= 0.6 is 0 Å². The van der Waals surface area contributed by atoms with Crippen LogP contribution in [0.3, 0.4) is 0 Å². The van der Waals surface area contributed by atoms with Crippen LogP contribution in [-0.4, -0.2) is 124 Å². The van der Waals surface area contributed by atoms with E-state index < -0.39 is 64.0 Å². The number of likely N-dealkylation sites (N-methyl/N-ethyl adjacent to an activating group) is 1. The molecule has 310 valence electrons. The average Bonchev–Trinajstić information content (AvgIpc) is 3.91. The fourth-order valence-corrected chi connectivity index (χ4v) is 9.86. The largest absolute Gasteiger partial charge is 0.379 e. The van der Waals surface area contributed by atoms with Crippen molar-refractivity contribution in [2.45, 2.75) is 134 Å². The number of carbonyl (C=O) groups excluding carboxylic acids is 4. The molecule has 1 aromatic carbocycles. The lowest BCUT2D eigenvalue weighted by molar-refractivity contribution is -0.147. The number of hydrogen-bond acceptors (Lipinski definition) is 9. The van der Waals surface area contributed by atoms with Crippen molar-refractivity contribution in [2.24, 2.45) is 28.8 Å². The molecule has 3 aliphatic rings. The number of fused-ring (bicyclic) bond motifs is 2. The van der Waals surface area contributed by atoms with Crippen LogP contribution in [0.2, 0.25) is 0 Å². The first-order valence-electron chi connectivity index (χ1n) is 20.0. The molecule has 1 aromatic rings. The van der Waals surface area contributed by atoms with Crippen molar-refractivity contribution in [2.75, 3.05) is 33.6 Å². The Kier molecular flexibility index (Phi) is 16.1. The summed E-state index contributed by atoms with van der Waals surface area (Å²) in [4.78, 5) is 59.0. The Morgan fingerprint density at radius 1 is 1.02 bits per heavy atom. The molecule has 0 aromatic heterocycles. The smallest absolute Gasteiger partial charge is 0.245 e. The van der Waals surface area contributed by atoms with Crippen molar-refractivity contribution in [3.63, 3.8) is 0 Å². The highest BCUT2D eigenvalue weighted by atomic mass is 32.2. The molecule has 4 amide bonds. The van der Waals surface area contributed by atoms with Gasteiger partial charge in [0.05, 0.1) is 48.4 Å². The van der Waals surface area contributed by atoms with E-state index in [9.17, 15) is 27.6 Å². The van der Waals surface area contributed by atoms with Crippen molar-refractivity contribution in [1.29, 1.82) is 0 Å². The van der Waals surface area contributed by atoms with Crippen LogP contribution in [-0.2, 0) is 45.1 Å². The number of rotatable bonds is 20. The van der Waals surface area contributed by atoms with Gasteiger partial charge < -0.3 is 35.2 Å². The Bertz CT molecular complexity index is 1560. The van der Waals surface area contributed by atoms with E-state index >= 15 is 0 Å². The summed E-state index contributed by atoms with van der Waals surface area (Å²) < 4.78 is 36.1. The summed E-state index contributed by atoms with van der Waals surface area (Å²) in [5, 5.41) is 14.8. The van der Waals surface area contributed by atoms with Crippen molar-refractivity contribution in [3.8, 4) is 0 Å². The number of benzene rings is 1. The minimum atomic E-state index is -3.89. The van der Waals surface area contributed by atoms with Crippen LogP contribution in [0, 0.1) is 23.7 Å². The maximum Gasteiger partial charge on any atom is 0.245 e. The molecule has 1 saturated carbocycles. The van der Waals surface area contributed by atoms with Gasteiger partial charge in [0.15, 0.2) is 0 Å². The standard InChI is InChI=1S/C40H66N6O8S/c1-9-25(4)36(45(6)40(50)34(24(2)3)44-39(49)35-28-17-18-29(21-28)42-35)32(53-7)22-33(47)46-19-13-16-31(46)37(54-8)26(5)38(48)43-30(23-55(41,51)52)20-27-14-11-10-12-15-27/h10-12,14-15,24-26,28-32,34-37,42H,9,13,16-23H2,1-8H3,(H,43,48)(H,44,49)(H2,41,51,52)/t25-,26+,28-,29+,30-,31-,32-,34-,35-,36-,37+/m0/s1. The Morgan fingerprint density at radius 3 is 2.25 bits per heavy atom. The number of primary sulfonamides is 1. The number of piperidine rings is 1. The normalized spacial score (nSPS) is 24.8. The third kappa shape index (κ3) is 11.5. The molecule has 1 aliphatic carbocycles. The Hall–Kier alpha value is -3.11. The molecular weight excluding hydrogens is 725 g/mol. The van der Waals surface area contributed by atoms with E-state index in [2.05, 4.69) is 16.0 Å². The van der Waals surface area contributed by atoms with Gasteiger partial charge in [0, 0.05) is 39.9 Å². The van der Waals surface area contributed by atoms with E-state index in [1.165, 1.54) is 7.11 Å². The average molecular weight is 791 g/mol. The predicted molar refractivity (Wildman–Crippen MR) is 211 cm³/mol. The molecule has 2 heterocycles. The summed E-state index contributed by atoms with van der Waals surface area (Å²) in [6.07, 6.45) is 4.09. The first kappa shape index (κ1) is 44.6. The lowest BCUT2D eigenvalue weighted by atomic mass is 9.89. The molecule has 2 saturated heterocycles. The van der Waals surface area contributed by atoms with Crippen molar-refractivity contribution in [3.05, 3.63) is 35.9 Å². The highest BCUT2D eigenvalue weighted by Crippen LogP contribution is 2.35. The van der Waals surface area contributed by atoms with Gasteiger partial charge in [0.1, 0.15) is 6.04 Å². The second-order valence-electron chi connectivity index (χ2n) is 16.5. The van der Waals surface area contributed by atoms with E-state index in [4.69, 9.17) is 14.6 Å². The third-order valence-corrected chi connectivity index (χ3v) is 13.1. The van der Waals surface area contributed by atoms with Crippen molar-refractivity contribution < 1.29 is 37.1 Å². The van der Waals surface area contributed by atoms with Crippen molar-refractivity contribution >= 4 is 33.7 Å². The van der Waals surface area contributed by atoms with E-state index in [0.717, 1.165) is 31.2 Å². The highest BCUT2D eigenvalue weighted by Gasteiger charge is 2.46. The number of nitrogens with zero attached hydrogens (tertiary/aromatic N) is 2. The van der Waals surface area contributed by atoms with Crippen LogP contribution in [0.4, 0.5) is 0 Å². The van der Waals surface area contributed by atoms with E-state index in [1.54, 1.807) is 30.9 Å². The minimum absolute atomic E-state index is 0.00207. The molecule has 2 aliphatic heterocycles. The summed E-state index contributed by atoms with van der Waals surface area (Å²) in [5.41, 5.74) is 0.855. The quantitative estimate of drug-likeness (QED) is 0.154. The molecule has 0 unspecified atom stereocenters. The monoisotopic (exact) mass is 790 g/mol. The molecule has 14 nitrogen and oxygen atoms in total. The molecular formula is C40H66N6O8S. The fraction of sp³-hybridized carbons (Fsp3) is 0.750. The number of nitrogens with two attached hydrogens (primary N) is 1. The number of carbonyl (C=O) groups is 4. The van der Waals surface area contributed by atoms with Gasteiger partial charge in [-0.2, -0.15) is 0 Å². The number of nitrogens with one attached hydrogen (secondary N) is 3. The molecule has 0 spiro atoms. The molecule has 0 radical (unpaired) electrons. The second kappa shape index (κ2) is 19.8. The molecule has 3 fully saturated rings. The van der Waals surface area contributed by atoms with Crippen molar-refractivity contribution in [1.82, 2.24) is 25.8 Å². The number of hydrogen-bond donors (Lipinski definition) is 4. The molecule has 55 heavy (non-hydrogen) atoms. The van der Waals surface area contributed by atoms with Crippen LogP contribution in [0.5, 0.6) is 0 Å². The SMILES string of the molecule is CC[C@H](C)[C@@H]([C@H](CC(=O)N1CCC[C@H]1[C@H](OC)[C@@H](C)C(=O)N[C@@H](Cc1ccccc1)CS(N)(=O)=O)OC)N(C)C(=O)[C@@H](NC(=O)[C@H]1N[C@@H]2CC[C@H]1C2)C(C)C. The van der Waals surface area contributed by atoms with Crippen LogP contribution in [0.25, 0.3) is 0 Å². The molecule has 11 atom stereocenters. The summed E-state index contributed by atoms with van der Waals surface area (Å²) in [7, 11) is 0.895. The van der Waals surface area contributed by atoms with Gasteiger partial charge in [-0.05, 0) is 61.8 Å². The zero-order valence-electron chi connectivity index (χ0n) is 34.0. The molecule has 5 N–H and O–H groups in total. The van der Waals surface area contributed by atoms with E-state index in [1.807, 2.05) is 58.0 Å². The number of likely N-dealkylation sites (tertiary alicyclic amines) is 1. The summed E-state index contributed by atoms with van der Waals surface area (Å²) in [6.45, 7) is 10.1. The summed E-state index contributed by atoms with van der Waals surface area (Å²) >= 11 is 0. The lowest BCUT2D eigenvalue weighted by Crippen LogP contribution is -2.60. The van der Waals surface area contributed by atoms with Gasteiger partial charge in [-0.1, -0.05) is 71.4 Å². The van der Waals surface area contributed by atoms with Gasteiger partial charge in [-0.25, -0.2) is 13.6 Å². The minimum Gasteiger partial charge on any atom is -0.379 e. The van der Waals surface area contributed by atoms with E-state index in [-0.39, 0.29) is 48.4 Å². The Labute approximate surface area is 328 Å². The zero-order valence-corrected chi connectivity index (χ0v) is 34.8. The topological polar surface area (TPSA) is 189 Å². The summed E-state index contributed by atoms with van der Waals surface area (Å²) in [6, 6.07) is 6.95. The van der Waals surface area contributed by atoms with Gasteiger partial charge >= 0.3 is 0 Å². The highest BCUT2D eigenvalue weighted by molar-refractivity contribution is 7.89. The molecule has 4 rings (SSSR count). The fourth-order valence-electron chi connectivity index (χ4n) is 9.10. The number of sulfonamides is 1. The molecule has 2 bridgehead atoms. The van der Waals surface area contributed by atoms with Gasteiger partial charge in [-0.3, -0.25) is 19.2 Å². The second-order valence-corrected chi connectivity index (χ2v) is 18.1. The van der Waals surface area contributed by atoms with Gasteiger partial charge in [-0.15, -0.1) is 0 Å².